The molecule has 0 fully saturated rings. The van der Waals surface area contributed by atoms with Gasteiger partial charge in [-0.2, -0.15) is 0 Å². The first-order valence-corrected chi connectivity index (χ1v) is 5.45. The number of methoxy groups -OCH3 is 2. The van der Waals surface area contributed by atoms with Crippen molar-refractivity contribution in [2.75, 3.05) is 32.7 Å². The van der Waals surface area contributed by atoms with Crippen LogP contribution < -0.4 is 9.64 Å². The van der Waals surface area contributed by atoms with E-state index < -0.39 is 0 Å². The van der Waals surface area contributed by atoms with Gasteiger partial charge in [-0.15, -0.1) is 0 Å². The zero-order valence-corrected chi connectivity index (χ0v) is 10.6. The Morgan fingerprint density at radius 3 is 2.89 bits per heavy atom. The fourth-order valence-corrected chi connectivity index (χ4v) is 1.62. The second kappa shape index (κ2) is 4.95. The molecule has 0 aliphatic carbocycles. The minimum Gasteiger partial charge on any atom is -0.497 e. The van der Waals surface area contributed by atoms with E-state index in [1.165, 1.54) is 7.11 Å². The molecule has 0 aliphatic heterocycles. The maximum atomic E-state index is 11.2. The Hall–Kier alpha value is -2.24. The summed E-state index contributed by atoms with van der Waals surface area (Å²) in [5, 5.41) is 0. The molecule has 0 unspecified atom stereocenters. The van der Waals surface area contributed by atoms with Crippen molar-refractivity contribution in [3.63, 3.8) is 0 Å². The number of carbonyl (C=O) groups excluding carboxylic acids is 1. The number of carbonyl (C=O) groups is 1. The quantitative estimate of drug-likeness (QED) is 0.824. The van der Waals surface area contributed by atoms with Gasteiger partial charge in [-0.3, -0.25) is 4.79 Å². The average Bonchev–Trinajstić information content (AvgIpc) is 2.81. The molecule has 0 bridgehead atoms. The summed E-state index contributed by atoms with van der Waals surface area (Å²) in [5.74, 6) is 1.06. The number of H-pyrrole nitrogens is 1. The average molecular weight is 249 g/mol. The first-order chi connectivity index (χ1) is 8.63. The number of nitrogens with one attached hydrogen (secondary N) is 1. The molecule has 6 heteroatoms. The normalized spacial score (nSPS) is 10.4. The van der Waals surface area contributed by atoms with E-state index in [4.69, 9.17) is 4.74 Å². The van der Waals surface area contributed by atoms with Crippen LogP contribution >= 0.6 is 0 Å². The Labute approximate surface area is 105 Å². The van der Waals surface area contributed by atoms with Crippen LogP contribution in [-0.2, 0) is 9.53 Å². The summed E-state index contributed by atoms with van der Waals surface area (Å²) in [5.41, 5.74) is 1.68. The SMILES string of the molecule is COC(=O)CN(C)c1nc2ccc(OC)cc2[nH]1. The van der Waals surface area contributed by atoms with Crippen LogP contribution in [0.15, 0.2) is 18.2 Å². The minimum absolute atomic E-state index is 0.146. The largest absolute Gasteiger partial charge is 0.497 e. The standard InChI is InChI=1S/C12H15N3O3/c1-15(7-11(16)18-3)12-13-9-5-4-8(17-2)6-10(9)14-12/h4-6H,7H2,1-3H3,(H,13,14). The Bertz CT molecular complexity index is 565. The molecule has 18 heavy (non-hydrogen) atoms. The van der Waals surface area contributed by atoms with E-state index in [1.807, 2.05) is 18.2 Å². The highest BCUT2D eigenvalue weighted by Crippen LogP contribution is 2.21. The number of aromatic amines is 1. The molecule has 1 heterocycles. The molecule has 6 nitrogen and oxygen atoms in total. The van der Waals surface area contributed by atoms with Crippen LogP contribution in [0.5, 0.6) is 5.75 Å². The number of fused-ring (bicyclic) bond motifs is 1. The van der Waals surface area contributed by atoms with Crippen molar-refractivity contribution >= 4 is 23.0 Å². The molecule has 0 saturated heterocycles. The van der Waals surface area contributed by atoms with Crippen LogP contribution in [0.3, 0.4) is 0 Å². The first-order valence-electron chi connectivity index (χ1n) is 5.45. The molecule has 0 spiro atoms. The van der Waals surface area contributed by atoms with Gasteiger partial charge < -0.3 is 19.4 Å². The minimum atomic E-state index is -0.310. The van der Waals surface area contributed by atoms with Crippen LogP contribution in [0.25, 0.3) is 11.0 Å². The van der Waals surface area contributed by atoms with E-state index in [-0.39, 0.29) is 12.5 Å². The van der Waals surface area contributed by atoms with E-state index in [1.54, 1.807) is 19.1 Å². The summed E-state index contributed by atoms with van der Waals surface area (Å²) >= 11 is 0. The fourth-order valence-electron chi connectivity index (χ4n) is 1.62. The molecule has 2 aromatic rings. The lowest BCUT2D eigenvalue weighted by Gasteiger charge is -2.13. The Morgan fingerprint density at radius 2 is 2.22 bits per heavy atom. The second-order valence-electron chi connectivity index (χ2n) is 3.88. The van der Waals surface area contributed by atoms with Crippen LogP contribution in [-0.4, -0.2) is 43.7 Å². The molecule has 1 N–H and O–H groups in total. The number of esters is 1. The van der Waals surface area contributed by atoms with Crippen molar-refractivity contribution in [3.05, 3.63) is 18.2 Å². The number of anilines is 1. The maximum absolute atomic E-state index is 11.2. The molecule has 0 atom stereocenters. The number of aromatic nitrogens is 2. The van der Waals surface area contributed by atoms with Crippen molar-refractivity contribution < 1.29 is 14.3 Å². The Kier molecular flexibility index (Phi) is 3.36. The summed E-state index contributed by atoms with van der Waals surface area (Å²) < 4.78 is 9.75. The van der Waals surface area contributed by atoms with Crippen LogP contribution in [0.4, 0.5) is 5.95 Å². The number of likely N-dealkylation sites (N-methyl/N-ethyl adjacent to an activating group) is 1. The molecule has 1 aromatic carbocycles. The first kappa shape index (κ1) is 12.2. The summed E-state index contributed by atoms with van der Waals surface area (Å²) in [4.78, 5) is 20.4. The number of benzene rings is 1. The predicted molar refractivity (Wildman–Crippen MR) is 67.9 cm³/mol. The summed E-state index contributed by atoms with van der Waals surface area (Å²) in [6.45, 7) is 0.146. The third-order valence-corrected chi connectivity index (χ3v) is 2.63. The lowest BCUT2D eigenvalue weighted by molar-refractivity contribution is -0.138. The van der Waals surface area contributed by atoms with Gasteiger partial charge in [0, 0.05) is 13.1 Å². The summed E-state index contributed by atoms with van der Waals surface area (Å²) in [7, 11) is 4.74. The van der Waals surface area contributed by atoms with Gasteiger partial charge in [-0.25, -0.2) is 4.98 Å². The van der Waals surface area contributed by atoms with Gasteiger partial charge in [0.15, 0.2) is 0 Å². The highest BCUT2D eigenvalue weighted by atomic mass is 16.5. The number of nitrogens with zero attached hydrogens (tertiary/aromatic N) is 2. The molecule has 0 aliphatic rings. The predicted octanol–water partition coefficient (Wildman–Crippen LogP) is 1.18. The summed E-state index contributed by atoms with van der Waals surface area (Å²) in [6, 6.07) is 5.56. The van der Waals surface area contributed by atoms with Crippen molar-refractivity contribution in [2.24, 2.45) is 0 Å². The van der Waals surface area contributed by atoms with Gasteiger partial charge in [-0.1, -0.05) is 0 Å². The lowest BCUT2D eigenvalue weighted by atomic mass is 10.3. The van der Waals surface area contributed by atoms with E-state index in [0.717, 1.165) is 16.8 Å². The second-order valence-corrected chi connectivity index (χ2v) is 3.88. The van der Waals surface area contributed by atoms with Gasteiger partial charge in [0.1, 0.15) is 12.3 Å². The van der Waals surface area contributed by atoms with E-state index in [9.17, 15) is 4.79 Å². The smallest absolute Gasteiger partial charge is 0.325 e. The number of imidazole rings is 1. The highest BCUT2D eigenvalue weighted by Gasteiger charge is 2.11. The number of ether oxygens (including phenoxy) is 2. The summed E-state index contributed by atoms with van der Waals surface area (Å²) in [6.07, 6.45) is 0. The van der Waals surface area contributed by atoms with Crippen molar-refractivity contribution in [1.82, 2.24) is 9.97 Å². The third-order valence-electron chi connectivity index (χ3n) is 2.63. The number of hydrogen-bond donors (Lipinski definition) is 1. The van der Waals surface area contributed by atoms with Gasteiger partial charge in [0.25, 0.3) is 0 Å². The lowest BCUT2D eigenvalue weighted by Crippen LogP contribution is -2.27. The molecule has 2 rings (SSSR count). The molecular formula is C12H15N3O3. The van der Waals surface area contributed by atoms with E-state index in [2.05, 4.69) is 14.7 Å². The van der Waals surface area contributed by atoms with Gasteiger partial charge in [0.05, 0.1) is 25.3 Å². The monoisotopic (exact) mass is 249 g/mol. The van der Waals surface area contributed by atoms with Crippen LogP contribution in [0, 0.1) is 0 Å². The zero-order valence-electron chi connectivity index (χ0n) is 10.6. The molecule has 1 aromatic heterocycles. The Morgan fingerprint density at radius 1 is 1.44 bits per heavy atom. The van der Waals surface area contributed by atoms with E-state index in [0.29, 0.717) is 5.95 Å². The van der Waals surface area contributed by atoms with E-state index >= 15 is 0 Å². The number of hydrogen-bond acceptors (Lipinski definition) is 5. The Balaban J connectivity index is 2.26. The van der Waals surface area contributed by atoms with Gasteiger partial charge in [0.2, 0.25) is 5.95 Å². The zero-order chi connectivity index (χ0) is 13.1. The van der Waals surface area contributed by atoms with Crippen LogP contribution in [0.1, 0.15) is 0 Å². The third kappa shape index (κ3) is 2.37. The maximum Gasteiger partial charge on any atom is 0.325 e. The molecule has 0 amide bonds. The topological polar surface area (TPSA) is 67.4 Å². The molecule has 0 radical (unpaired) electrons. The van der Waals surface area contributed by atoms with Crippen molar-refractivity contribution in [2.45, 2.75) is 0 Å². The number of rotatable bonds is 4. The van der Waals surface area contributed by atoms with Crippen molar-refractivity contribution in [1.29, 1.82) is 0 Å². The molecular weight excluding hydrogens is 234 g/mol. The van der Waals surface area contributed by atoms with Crippen molar-refractivity contribution in [3.8, 4) is 5.75 Å². The highest BCUT2D eigenvalue weighted by molar-refractivity contribution is 5.80. The molecule has 96 valence electrons. The van der Waals surface area contributed by atoms with Gasteiger partial charge >= 0.3 is 5.97 Å². The van der Waals surface area contributed by atoms with Gasteiger partial charge in [-0.05, 0) is 12.1 Å². The van der Waals surface area contributed by atoms with Crippen LogP contribution in [0.2, 0.25) is 0 Å². The fraction of sp³-hybridized carbons (Fsp3) is 0.333. The molecule has 0 saturated carbocycles.